The minimum absolute atomic E-state index is 0.0209. The summed E-state index contributed by atoms with van der Waals surface area (Å²) in [5.74, 6) is -0.648. The first-order valence-corrected chi connectivity index (χ1v) is 8.45. The average molecular weight is 378 g/mol. The first-order valence-electron chi connectivity index (χ1n) is 8.45. The van der Waals surface area contributed by atoms with Crippen molar-refractivity contribution in [2.45, 2.75) is 38.5 Å². The number of halogens is 3. The number of carbonyl (C=O) groups is 2. The predicted octanol–water partition coefficient (Wildman–Crippen LogP) is 4.15. The molecule has 0 bridgehead atoms. The molecule has 27 heavy (non-hydrogen) atoms. The molecule has 2 unspecified atom stereocenters. The van der Waals surface area contributed by atoms with Crippen LogP contribution in [0.2, 0.25) is 0 Å². The highest BCUT2D eigenvalue weighted by Gasteiger charge is 2.30. The standard InChI is InChI=1S/C20H21F3N2O2/c1-13(16-9-6-10-17(11-16)20(21,22)23)24-19(27)12-18(25-14(2)26)15-7-4-3-5-8-15/h3-11,13,18H,12H2,1-2H3,(H,24,27)(H,25,26). The average Bonchev–Trinajstić information content (AvgIpc) is 2.61. The molecule has 0 aliphatic heterocycles. The van der Waals surface area contributed by atoms with Crippen molar-refractivity contribution < 1.29 is 22.8 Å². The van der Waals surface area contributed by atoms with Crippen molar-refractivity contribution in [3.8, 4) is 0 Å². The minimum Gasteiger partial charge on any atom is -0.350 e. The molecule has 0 saturated heterocycles. The molecule has 2 N–H and O–H groups in total. The van der Waals surface area contributed by atoms with E-state index in [1.54, 1.807) is 31.2 Å². The zero-order valence-electron chi connectivity index (χ0n) is 15.0. The van der Waals surface area contributed by atoms with Crippen LogP contribution >= 0.6 is 0 Å². The molecule has 7 heteroatoms. The van der Waals surface area contributed by atoms with E-state index in [9.17, 15) is 22.8 Å². The van der Waals surface area contributed by atoms with E-state index in [0.717, 1.165) is 17.7 Å². The fraction of sp³-hybridized carbons (Fsp3) is 0.300. The zero-order chi connectivity index (χ0) is 20.0. The van der Waals surface area contributed by atoms with E-state index in [1.165, 1.54) is 19.1 Å². The van der Waals surface area contributed by atoms with Crippen LogP contribution in [0.3, 0.4) is 0 Å². The third-order valence-electron chi connectivity index (χ3n) is 4.06. The van der Waals surface area contributed by atoms with Crippen LogP contribution in [0.5, 0.6) is 0 Å². The Morgan fingerprint density at radius 1 is 0.963 bits per heavy atom. The normalized spacial score (nSPS) is 13.5. The minimum atomic E-state index is -4.44. The molecule has 2 amide bonds. The lowest BCUT2D eigenvalue weighted by Gasteiger charge is -2.20. The molecule has 0 radical (unpaired) electrons. The Labute approximate surface area is 155 Å². The highest BCUT2D eigenvalue weighted by atomic mass is 19.4. The number of carbonyl (C=O) groups excluding carboxylic acids is 2. The first-order chi connectivity index (χ1) is 12.7. The second-order valence-electron chi connectivity index (χ2n) is 6.28. The van der Waals surface area contributed by atoms with Crippen molar-refractivity contribution in [1.29, 1.82) is 0 Å². The maximum atomic E-state index is 12.8. The van der Waals surface area contributed by atoms with Gasteiger partial charge in [-0.3, -0.25) is 9.59 Å². The lowest BCUT2D eigenvalue weighted by atomic mass is 10.0. The van der Waals surface area contributed by atoms with Gasteiger partial charge in [-0.05, 0) is 30.2 Å². The van der Waals surface area contributed by atoms with E-state index < -0.39 is 23.8 Å². The van der Waals surface area contributed by atoms with Gasteiger partial charge in [0, 0.05) is 6.92 Å². The number of alkyl halides is 3. The van der Waals surface area contributed by atoms with Gasteiger partial charge in [0.05, 0.1) is 24.1 Å². The molecule has 4 nitrogen and oxygen atoms in total. The van der Waals surface area contributed by atoms with Gasteiger partial charge in [-0.15, -0.1) is 0 Å². The number of hydrogen-bond donors (Lipinski definition) is 2. The molecule has 0 fully saturated rings. The maximum absolute atomic E-state index is 12.8. The van der Waals surface area contributed by atoms with Crippen LogP contribution in [0.15, 0.2) is 54.6 Å². The SMILES string of the molecule is CC(=O)NC(CC(=O)NC(C)c1cccc(C(F)(F)F)c1)c1ccccc1. The summed E-state index contributed by atoms with van der Waals surface area (Å²) in [6, 6.07) is 12.7. The van der Waals surface area contributed by atoms with Gasteiger partial charge >= 0.3 is 6.18 Å². The molecular formula is C20H21F3N2O2. The molecule has 0 aliphatic rings. The van der Waals surface area contributed by atoms with Crippen LogP contribution in [-0.4, -0.2) is 11.8 Å². The molecule has 0 aromatic heterocycles. The second-order valence-corrected chi connectivity index (χ2v) is 6.28. The number of hydrogen-bond acceptors (Lipinski definition) is 2. The number of amides is 2. The highest BCUT2D eigenvalue weighted by molar-refractivity contribution is 5.79. The van der Waals surface area contributed by atoms with Crippen molar-refractivity contribution in [2.75, 3.05) is 0 Å². The van der Waals surface area contributed by atoms with Gasteiger partial charge in [0.2, 0.25) is 11.8 Å². The summed E-state index contributed by atoms with van der Waals surface area (Å²) in [4.78, 5) is 23.8. The van der Waals surface area contributed by atoms with Crippen molar-refractivity contribution >= 4 is 11.8 Å². The van der Waals surface area contributed by atoms with E-state index in [0.29, 0.717) is 5.56 Å². The summed E-state index contributed by atoms with van der Waals surface area (Å²) in [6.07, 6.45) is -4.46. The molecule has 0 heterocycles. The first kappa shape index (κ1) is 20.5. The van der Waals surface area contributed by atoms with E-state index in [1.807, 2.05) is 6.07 Å². The Morgan fingerprint density at radius 2 is 1.59 bits per heavy atom. The third-order valence-corrected chi connectivity index (χ3v) is 4.06. The molecule has 2 aromatic carbocycles. The van der Waals surface area contributed by atoms with Crippen LogP contribution < -0.4 is 10.6 Å². The summed E-state index contributed by atoms with van der Waals surface area (Å²) in [7, 11) is 0. The van der Waals surface area contributed by atoms with Gasteiger partial charge in [0.25, 0.3) is 0 Å². The Bertz CT molecular complexity index is 791. The number of rotatable bonds is 6. The lowest BCUT2D eigenvalue weighted by Crippen LogP contribution is -2.33. The van der Waals surface area contributed by atoms with Gasteiger partial charge in [0.1, 0.15) is 0 Å². The molecule has 0 saturated carbocycles. The molecule has 0 spiro atoms. The zero-order valence-corrected chi connectivity index (χ0v) is 15.0. The monoisotopic (exact) mass is 378 g/mol. The Kier molecular flexibility index (Phi) is 6.60. The largest absolute Gasteiger partial charge is 0.416 e. The Balaban J connectivity index is 2.08. The third kappa shape index (κ3) is 6.13. The van der Waals surface area contributed by atoms with Crippen molar-refractivity contribution in [1.82, 2.24) is 10.6 Å². The van der Waals surface area contributed by atoms with Crippen LogP contribution in [0.25, 0.3) is 0 Å². The van der Waals surface area contributed by atoms with Crippen molar-refractivity contribution in [2.24, 2.45) is 0 Å². The highest BCUT2D eigenvalue weighted by Crippen LogP contribution is 2.30. The Hall–Kier alpha value is -2.83. The number of benzene rings is 2. The summed E-state index contributed by atoms with van der Waals surface area (Å²) in [5, 5.41) is 5.41. The van der Waals surface area contributed by atoms with E-state index in [4.69, 9.17) is 0 Å². The van der Waals surface area contributed by atoms with Crippen LogP contribution in [0.4, 0.5) is 13.2 Å². The van der Waals surface area contributed by atoms with Crippen molar-refractivity contribution in [3.63, 3.8) is 0 Å². The van der Waals surface area contributed by atoms with Crippen LogP contribution in [0, 0.1) is 0 Å². The van der Waals surface area contributed by atoms with E-state index >= 15 is 0 Å². The summed E-state index contributed by atoms with van der Waals surface area (Å²) >= 11 is 0. The summed E-state index contributed by atoms with van der Waals surface area (Å²) in [5.41, 5.74) is 0.366. The Morgan fingerprint density at radius 3 is 2.19 bits per heavy atom. The van der Waals surface area contributed by atoms with Gasteiger partial charge in [-0.25, -0.2) is 0 Å². The topological polar surface area (TPSA) is 58.2 Å². The molecule has 2 rings (SSSR count). The fourth-order valence-electron chi connectivity index (χ4n) is 2.74. The van der Waals surface area contributed by atoms with E-state index in [-0.39, 0.29) is 18.2 Å². The van der Waals surface area contributed by atoms with Crippen molar-refractivity contribution in [3.05, 3.63) is 71.3 Å². The number of nitrogens with one attached hydrogen (secondary N) is 2. The van der Waals surface area contributed by atoms with Crippen LogP contribution in [0.1, 0.15) is 49.0 Å². The quantitative estimate of drug-likeness (QED) is 0.793. The van der Waals surface area contributed by atoms with Gasteiger partial charge in [0.15, 0.2) is 0 Å². The molecule has 144 valence electrons. The maximum Gasteiger partial charge on any atom is 0.416 e. The molecule has 2 atom stereocenters. The molecule has 0 aliphatic carbocycles. The van der Waals surface area contributed by atoms with Gasteiger partial charge < -0.3 is 10.6 Å². The smallest absolute Gasteiger partial charge is 0.350 e. The fourth-order valence-corrected chi connectivity index (χ4v) is 2.74. The second kappa shape index (κ2) is 8.70. The molecule has 2 aromatic rings. The summed E-state index contributed by atoms with van der Waals surface area (Å²) in [6.45, 7) is 2.97. The predicted molar refractivity (Wildman–Crippen MR) is 95.6 cm³/mol. The summed E-state index contributed by atoms with van der Waals surface area (Å²) < 4.78 is 38.5. The van der Waals surface area contributed by atoms with Gasteiger partial charge in [-0.1, -0.05) is 42.5 Å². The van der Waals surface area contributed by atoms with E-state index in [2.05, 4.69) is 10.6 Å². The molecular weight excluding hydrogens is 357 g/mol. The van der Waals surface area contributed by atoms with Crippen LogP contribution in [-0.2, 0) is 15.8 Å². The van der Waals surface area contributed by atoms with Gasteiger partial charge in [-0.2, -0.15) is 13.2 Å². The lowest BCUT2D eigenvalue weighted by molar-refractivity contribution is -0.137.